The van der Waals surface area contributed by atoms with E-state index in [9.17, 15) is 19.5 Å². The van der Waals surface area contributed by atoms with Crippen LogP contribution in [0.1, 0.15) is 0 Å². The number of esters is 2. The molecule has 0 atom stereocenters. The molecule has 0 aromatic rings. The molecule has 1 N–H and O–H groups in total. The summed E-state index contributed by atoms with van der Waals surface area (Å²) in [7, 11) is 2.72. The van der Waals surface area contributed by atoms with E-state index in [1.54, 1.807) is 0 Å². The molecule has 1 heterocycles. The van der Waals surface area contributed by atoms with Gasteiger partial charge >= 0.3 is 11.9 Å². The van der Waals surface area contributed by atoms with Crippen LogP contribution >= 0.6 is 0 Å². The van der Waals surface area contributed by atoms with Gasteiger partial charge in [0, 0.05) is 58.9 Å². The molecule has 1 fully saturated rings. The number of nitrogens with zero attached hydrogens (tertiary/aromatic N) is 4. The molecule has 0 aromatic heterocycles. The first kappa shape index (κ1) is 24.4. The highest BCUT2D eigenvalue weighted by Gasteiger charge is 2.19. The van der Waals surface area contributed by atoms with Gasteiger partial charge in [-0.05, 0) is 0 Å². The first-order valence-electron chi connectivity index (χ1n) is 9.60. The lowest BCUT2D eigenvalue weighted by molar-refractivity contribution is -0.143. The molecule has 1 aliphatic heterocycles. The predicted octanol–water partition coefficient (Wildman–Crippen LogP) is -2.25. The lowest BCUT2D eigenvalue weighted by Crippen LogP contribution is -2.48. The molecule has 1 aliphatic rings. The van der Waals surface area contributed by atoms with Crippen molar-refractivity contribution in [3.63, 3.8) is 0 Å². The number of aliphatic hydroxyl groups excluding tert-OH is 1. The summed E-state index contributed by atoms with van der Waals surface area (Å²) in [6, 6.07) is 0. The SMILES string of the molecule is COC(=O)CN1CCN(CC=O)CCN(CCO)CCN(CC(=O)OC)CC1. The minimum atomic E-state index is -0.317. The lowest BCUT2D eigenvalue weighted by Gasteiger charge is -2.33. The van der Waals surface area contributed by atoms with Crippen LogP contribution < -0.4 is 0 Å². The second-order valence-corrected chi connectivity index (χ2v) is 6.74. The average molecular weight is 402 g/mol. The number of carbonyl (C=O) groups is 3. The van der Waals surface area contributed by atoms with Crippen LogP contribution in [0.2, 0.25) is 0 Å². The van der Waals surface area contributed by atoms with Gasteiger partial charge in [0.05, 0.1) is 40.5 Å². The molecule has 0 saturated carbocycles. The molecule has 0 spiro atoms. The highest BCUT2D eigenvalue weighted by atomic mass is 16.5. The second-order valence-electron chi connectivity index (χ2n) is 6.74. The van der Waals surface area contributed by atoms with Gasteiger partial charge in [-0.25, -0.2) is 0 Å². The number of hydrogen-bond acceptors (Lipinski definition) is 10. The molecule has 0 bridgehead atoms. The molecule has 162 valence electrons. The number of hydrogen-bond donors (Lipinski definition) is 1. The van der Waals surface area contributed by atoms with Crippen molar-refractivity contribution >= 4 is 18.2 Å². The van der Waals surface area contributed by atoms with Crippen molar-refractivity contribution in [3.05, 3.63) is 0 Å². The topological polar surface area (TPSA) is 103 Å². The Bertz CT molecular complexity index is 479. The molecule has 28 heavy (non-hydrogen) atoms. The van der Waals surface area contributed by atoms with Crippen molar-refractivity contribution in [2.24, 2.45) is 0 Å². The summed E-state index contributed by atoms with van der Waals surface area (Å²) in [5.74, 6) is -0.625. The maximum Gasteiger partial charge on any atom is 0.319 e. The van der Waals surface area contributed by atoms with Crippen molar-refractivity contribution in [1.29, 1.82) is 0 Å². The fraction of sp³-hybridized carbons (Fsp3) is 0.833. The molecule has 0 aromatic carbocycles. The van der Waals surface area contributed by atoms with E-state index in [4.69, 9.17) is 9.47 Å². The number of methoxy groups -OCH3 is 2. The lowest BCUT2D eigenvalue weighted by atomic mass is 10.3. The zero-order chi connectivity index (χ0) is 20.8. The maximum atomic E-state index is 11.7. The summed E-state index contributed by atoms with van der Waals surface area (Å²) in [4.78, 5) is 42.6. The Morgan fingerprint density at radius 2 is 1.18 bits per heavy atom. The van der Waals surface area contributed by atoms with Gasteiger partial charge in [-0.15, -0.1) is 0 Å². The van der Waals surface area contributed by atoms with Gasteiger partial charge in [-0.2, -0.15) is 0 Å². The summed E-state index contributed by atoms with van der Waals surface area (Å²) >= 11 is 0. The van der Waals surface area contributed by atoms with Crippen molar-refractivity contribution in [2.75, 3.05) is 99.4 Å². The van der Waals surface area contributed by atoms with Crippen LogP contribution in [-0.4, -0.2) is 142 Å². The van der Waals surface area contributed by atoms with E-state index >= 15 is 0 Å². The van der Waals surface area contributed by atoms with Crippen molar-refractivity contribution in [3.8, 4) is 0 Å². The van der Waals surface area contributed by atoms with Gasteiger partial charge in [0.25, 0.3) is 0 Å². The van der Waals surface area contributed by atoms with Crippen LogP contribution in [0.5, 0.6) is 0 Å². The first-order chi connectivity index (χ1) is 13.5. The summed E-state index contributed by atoms with van der Waals surface area (Å²) in [6.45, 7) is 6.38. The molecule has 0 aliphatic carbocycles. The number of aldehydes is 1. The predicted molar refractivity (Wildman–Crippen MR) is 103 cm³/mol. The molecule has 0 amide bonds. The van der Waals surface area contributed by atoms with Gasteiger partial charge in [-0.3, -0.25) is 29.2 Å². The zero-order valence-electron chi connectivity index (χ0n) is 17.0. The van der Waals surface area contributed by atoms with E-state index in [0.29, 0.717) is 65.4 Å². The number of carbonyl (C=O) groups excluding carboxylic acids is 3. The fourth-order valence-corrected chi connectivity index (χ4v) is 3.04. The Morgan fingerprint density at radius 1 is 0.786 bits per heavy atom. The third-order valence-corrected chi connectivity index (χ3v) is 4.84. The molecule has 10 nitrogen and oxygen atoms in total. The number of aliphatic hydroxyl groups is 1. The van der Waals surface area contributed by atoms with E-state index in [1.165, 1.54) is 14.2 Å². The van der Waals surface area contributed by atoms with Crippen LogP contribution in [0, 0.1) is 0 Å². The number of rotatable bonds is 8. The fourth-order valence-electron chi connectivity index (χ4n) is 3.04. The van der Waals surface area contributed by atoms with E-state index in [2.05, 4.69) is 4.90 Å². The van der Waals surface area contributed by atoms with Crippen LogP contribution in [0.4, 0.5) is 0 Å². The minimum Gasteiger partial charge on any atom is -0.468 e. The highest BCUT2D eigenvalue weighted by Crippen LogP contribution is 2.01. The number of ether oxygens (including phenoxy) is 2. The molecular formula is C18H34N4O6. The first-order valence-corrected chi connectivity index (χ1v) is 9.60. The van der Waals surface area contributed by atoms with Crippen molar-refractivity contribution < 1.29 is 29.0 Å². The molecular weight excluding hydrogens is 368 g/mol. The summed E-state index contributed by atoms with van der Waals surface area (Å²) < 4.78 is 9.57. The van der Waals surface area contributed by atoms with E-state index < -0.39 is 0 Å². The molecule has 10 heteroatoms. The van der Waals surface area contributed by atoms with Gasteiger partial charge < -0.3 is 19.4 Å². The smallest absolute Gasteiger partial charge is 0.319 e. The number of β-amino-alcohol motifs (C(OH)–C–C–N with tert-alkyl or cyclic N) is 1. The van der Waals surface area contributed by atoms with Crippen LogP contribution in [0.25, 0.3) is 0 Å². The Labute approximate surface area is 166 Å². The van der Waals surface area contributed by atoms with Gasteiger partial charge in [-0.1, -0.05) is 0 Å². The Hall–Kier alpha value is -1.59. The average Bonchev–Trinajstić information content (AvgIpc) is 2.69. The minimum absolute atomic E-state index is 0.0532. The molecule has 0 unspecified atom stereocenters. The van der Waals surface area contributed by atoms with Crippen LogP contribution in [0.15, 0.2) is 0 Å². The van der Waals surface area contributed by atoms with Crippen LogP contribution in [0.3, 0.4) is 0 Å². The maximum absolute atomic E-state index is 11.7. The Balaban J connectivity index is 2.85. The largest absolute Gasteiger partial charge is 0.468 e. The normalized spacial score (nSPS) is 19.4. The Morgan fingerprint density at radius 3 is 1.54 bits per heavy atom. The van der Waals surface area contributed by atoms with E-state index in [-0.39, 0.29) is 31.6 Å². The summed E-state index contributed by atoms with van der Waals surface area (Å²) in [5.41, 5.74) is 0. The van der Waals surface area contributed by atoms with Crippen molar-refractivity contribution in [1.82, 2.24) is 19.6 Å². The molecule has 1 rings (SSSR count). The van der Waals surface area contributed by atoms with E-state index in [1.807, 2.05) is 14.7 Å². The van der Waals surface area contributed by atoms with E-state index in [0.717, 1.165) is 6.29 Å². The standard InChI is InChI=1S/C18H34N4O6/c1-27-17(25)15-21-7-5-19(11-13-23)3-4-20(12-14-24)6-8-22(10-9-21)16-18(26)28-2/h13,24H,3-12,14-16H2,1-2H3. The monoisotopic (exact) mass is 402 g/mol. The summed E-state index contributed by atoms with van der Waals surface area (Å²) in [5, 5.41) is 9.32. The third kappa shape index (κ3) is 10.1. The van der Waals surface area contributed by atoms with Crippen molar-refractivity contribution in [2.45, 2.75) is 0 Å². The van der Waals surface area contributed by atoms with Crippen LogP contribution in [-0.2, 0) is 23.9 Å². The highest BCUT2D eigenvalue weighted by molar-refractivity contribution is 5.71. The second kappa shape index (κ2) is 14.4. The molecule has 0 radical (unpaired) electrons. The Kier molecular flexibility index (Phi) is 12.6. The van der Waals surface area contributed by atoms with Gasteiger partial charge in [0.1, 0.15) is 6.29 Å². The third-order valence-electron chi connectivity index (χ3n) is 4.84. The van der Waals surface area contributed by atoms with Gasteiger partial charge in [0.2, 0.25) is 0 Å². The quantitative estimate of drug-likeness (QED) is 0.354. The summed E-state index contributed by atoms with van der Waals surface area (Å²) in [6.07, 6.45) is 0.880. The molecule has 1 saturated heterocycles. The zero-order valence-corrected chi connectivity index (χ0v) is 17.0. The van der Waals surface area contributed by atoms with Gasteiger partial charge in [0.15, 0.2) is 0 Å².